The lowest BCUT2D eigenvalue weighted by atomic mass is 10.0. The molecule has 0 saturated carbocycles. The third-order valence-electron chi connectivity index (χ3n) is 4.08. The quantitative estimate of drug-likeness (QED) is 0.638. The van der Waals surface area contributed by atoms with Crippen LogP contribution in [0.5, 0.6) is 0 Å². The van der Waals surface area contributed by atoms with Gasteiger partial charge in [-0.3, -0.25) is 9.59 Å². The van der Waals surface area contributed by atoms with Gasteiger partial charge in [-0.05, 0) is 12.8 Å². The second-order valence-corrected chi connectivity index (χ2v) is 5.88. The molecule has 0 aliphatic carbocycles. The van der Waals surface area contributed by atoms with E-state index in [1.807, 2.05) is 6.92 Å². The van der Waals surface area contributed by atoms with Gasteiger partial charge in [-0.2, -0.15) is 0 Å². The molecule has 1 fully saturated rings. The van der Waals surface area contributed by atoms with Crippen LogP contribution in [0.1, 0.15) is 33.6 Å². The molecule has 21 heavy (non-hydrogen) atoms. The summed E-state index contributed by atoms with van der Waals surface area (Å²) in [6, 6.07) is 0. The standard InChI is InChI=1S/C15H28N2O4/c1-5-12(6-2)7-17(8-14(19)20-4)13(18)9-21-15(3)10-16-11-15/h12,16H,5-11H2,1-4H3. The fraction of sp³-hybridized carbons (Fsp3) is 0.867. The summed E-state index contributed by atoms with van der Waals surface area (Å²) in [5.41, 5.74) is -0.262. The maximum Gasteiger partial charge on any atom is 0.325 e. The first-order valence-electron chi connectivity index (χ1n) is 7.63. The SMILES string of the molecule is CCC(CC)CN(CC(=O)OC)C(=O)COC1(C)CNC1. The van der Waals surface area contributed by atoms with E-state index in [0.717, 1.165) is 25.9 Å². The summed E-state index contributed by atoms with van der Waals surface area (Å²) >= 11 is 0. The van der Waals surface area contributed by atoms with Gasteiger partial charge >= 0.3 is 5.97 Å². The highest BCUT2D eigenvalue weighted by Gasteiger charge is 2.34. The van der Waals surface area contributed by atoms with E-state index >= 15 is 0 Å². The van der Waals surface area contributed by atoms with Gasteiger partial charge in [0.1, 0.15) is 13.2 Å². The van der Waals surface area contributed by atoms with Gasteiger partial charge in [0, 0.05) is 19.6 Å². The van der Waals surface area contributed by atoms with E-state index in [1.54, 1.807) is 4.90 Å². The number of carbonyl (C=O) groups excluding carboxylic acids is 2. The summed E-state index contributed by atoms with van der Waals surface area (Å²) in [6.07, 6.45) is 1.95. The Hall–Kier alpha value is -1.14. The van der Waals surface area contributed by atoms with Crippen molar-refractivity contribution in [3.05, 3.63) is 0 Å². The molecule has 0 aromatic heterocycles. The number of ether oxygens (including phenoxy) is 2. The Morgan fingerprint density at radius 2 is 1.90 bits per heavy atom. The summed E-state index contributed by atoms with van der Waals surface area (Å²) in [4.78, 5) is 25.4. The molecule has 0 aromatic rings. The van der Waals surface area contributed by atoms with Crippen LogP contribution in [0.25, 0.3) is 0 Å². The van der Waals surface area contributed by atoms with Gasteiger partial charge in [-0.15, -0.1) is 0 Å². The number of nitrogens with zero attached hydrogens (tertiary/aromatic N) is 1. The fourth-order valence-electron chi connectivity index (χ4n) is 2.24. The average molecular weight is 300 g/mol. The molecule has 0 atom stereocenters. The lowest BCUT2D eigenvalue weighted by Crippen LogP contribution is -2.59. The molecular formula is C15H28N2O4. The smallest absolute Gasteiger partial charge is 0.325 e. The van der Waals surface area contributed by atoms with Crippen molar-refractivity contribution < 1.29 is 19.1 Å². The number of hydrogen-bond donors (Lipinski definition) is 1. The molecule has 1 rings (SSSR count). The molecule has 0 radical (unpaired) electrons. The van der Waals surface area contributed by atoms with Crippen LogP contribution in [0.2, 0.25) is 0 Å². The van der Waals surface area contributed by atoms with Crippen LogP contribution in [-0.4, -0.2) is 62.3 Å². The third kappa shape index (κ3) is 5.63. The number of rotatable bonds is 9. The fourth-order valence-corrected chi connectivity index (χ4v) is 2.24. The number of nitrogens with one attached hydrogen (secondary N) is 1. The van der Waals surface area contributed by atoms with Crippen LogP contribution in [0.3, 0.4) is 0 Å². The molecule has 1 N–H and O–H groups in total. The van der Waals surface area contributed by atoms with E-state index in [2.05, 4.69) is 23.9 Å². The van der Waals surface area contributed by atoms with E-state index in [1.165, 1.54) is 7.11 Å². The van der Waals surface area contributed by atoms with Crippen LogP contribution >= 0.6 is 0 Å². The van der Waals surface area contributed by atoms with Crippen molar-refractivity contribution >= 4 is 11.9 Å². The lowest BCUT2D eigenvalue weighted by Gasteiger charge is -2.39. The zero-order valence-corrected chi connectivity index (χ0v) is 13.6. The summed E-state index contributed by atoms with van der Waals surface area (Å²) in [6.45, 7) is 8.23. The topological polar surface area (TPSA) is 67.9 Å². The van der Waals surface area contributed by atoms with Crippen molar-refractivity contribution in [2.45, 2.75) is 39.2 Å². The highest BCUT2D eigenvalue weighted by atomic mass is 16.5. The molecule has 0 spiro atoms. The number of amides is 1. The first kappa shape index (κ1) is 17.9. The lowest BCUT2D eigenvalue weighted by molar-refractivity contribution is -0.153. The van der Waals surface area contributed by atoms with Gasteiger partial charge in [-0.1, -0.05) is 26.7 Å². The van der Waals surface area contributed by atoms with Gasteiger partial charge in [0.25, 0.3) is 0 Å². The molecular weight excluding hydrogens is 272 g/mol. The van der Waals surface area contributed by atoms with Crippen molar-refractivity contribution in [2.24, 2.45) is 5.92 Å². The van der Waals surface area contributed by atoms with Crippen LogP contribution in [0.4, 0.5) is 0 Å². The molecule has 1 heterocycles. The monoisotopic (exact) mass is 300 g/mol. The van der Waals surface area contributed by atoms with Gasteiger partial charge < -0.3 is 19.7 Å². The summed E-state index contributed by atoms with van der Waals surface area (Å²) < 4.78 is 10.3. The maximum atomic E-state index is 12.3. The molecule has 122 valence electrons. The van der Waals surface area contributed by atoms with E-state index in [0.29, 0.717) is 12.5 Å². The van der Waals surface area contributed by atoms with E-state index in [-0.39, 0.29) is 24.7 Å². The van der Waals surface area contributed by atoms with E-state index in [9.17, 15) is 9.59 Å². The summed E-state index contributed by atoms with van der Waals surface area (Å²) in [7, 11) is 1.33. The molecule has 1 aliphatic rings. The maximum absolute atomic E-state index is 12.3. The van der Waals surface area contributed by atoms with Crippen molar-refractivity contribution in [3.8, 4) is 0 Å². The van der Waals surface area contributed by atoms with Crippen molar-refractivity contribution in [1.29, 1.82) is 0 Å². The molecule has 1 saturated heterocycles. The normalized spacial score (nSPS) is 16.4. The minimum Gasteiger partial charge on any atom is -0.468 e. The van der Waals surface area contributed by atoms with Gasteiger partial charge in [-0.25, -0.2) is 0 Å². The molecule has 6 heteroatoms. The second-order valence-electron chi connectivity index (χ2n) is 5.88. The number of esters is 1. The van der Waals surface area contributed by atoms with Crippen molar-refractivity contribution in [1.82, 2.24) is 10.2 Å². The molecule has 0 aromatic carbocycles. The van der Waals surface area contributed by atoms with Crippen LogP contribution in [0.15, 0.2) is 0 Å². The van der Waals surface area contributed by atoms with Crippen molar-refractivity contribution in [2.75, 3.05) is 39.9 Å². The predicted molar refractivity (Wildman–Crippen MR) is 79.9 cm³/mol. The molecule has 1 amide bonds. The van der Waals surface area contributed by atoms with Gasteiger partial charge in [0.2, 0.25) is 5.91 Å². The summed E-state index contributed by atoms with van der Waals surface area (Å²) in [5, 5.41) is 3.12. The van der Waals surface area contributed by atoms with Crippen LogP contribution < -0.4 is 5.32 Å². The third-order valence-corrected chi connectivity index (χ3v) is 4.08. The number of hydrogen-bond acceptors (Lipinski definition) is 5. The second kappa shape index (κ2) is 8.34. The minimum atomic E-state index is -0.397. The zero-order valence-electron chi connectivity index (χ0n) is 13.6. The van der Waals surface area contributed by atoms with Crippen LogP contribution in [0, 0.1) is 5.92 Å². The minimum absolute atomic E-state index is 0.00925. The Bertz CT molecular complexity index is 352. The first-order valence-corrected chi connectivity index (χ1v) is 7.63. The Balaban J connectivity index is 2.55. The highest BCUT2D eigenvalue weighted by Crippen LogP contribution is 2.16. The Labute approximate surface area is 127 Å². The summed E-state index contributed by atoms with van der Waals surface area (Å²) in [5.74, 6) is -0.161. The highest BCUT2D eigenvalue weighted by molar-refractivity contribution is 5.82. The number of carbonyl (C=O) groups is 2. The van der Waals surface area contributed by atoms with E-state index in [4.69, 9.17) is 4.74 Å². The number of methoxy groups -OCH3 is 1. The Morgan fingerprint density at radius 1 is 1.29 bits per heavy atom. The Morgan fingerprint density at radius 3 is 2.33 bits per heavy atom. The molecule has 1 aliphatic heterocycles. The van der Waals surface area contributed by atoms with Gasteiger partial charge in [0.05, 0.1) is 12.7 Å². The average Bonchev–Trinajstić information content (AvgIpc) is 2.46. The predicted octanol–water partition coefficient (Wildman–Crippen LogP) is 0.803. The van der Waals surface area contributed by atoms with Crippen molar-refractivity contribution in [3.63, 3.8) is 0 Å². The Kier molecular flexibility index (Phi) is 7.11. The molecule has 0 unspecified atom stereocenters. The largest absolute Gasteiger partial charge is 0.468 e. The van der Waals surface area contributed by atoms with E-state index < -0.39 is 5.97 Å². The first-order chi connectivity index (χ1) is 9.94. The zero-order chi connectivity index (χ0) is 15.9. The molecule has 0 bridgehead atoms. The van der Waals surface area contributed by atoms with Crippen LogP contribution in [-0.2, 0) is 19.1 Å². The molecule has 6 nitrogen and oxygen atoms in total. The van der Waals surface area contributed by atoms with Gasteiger partial charge in [0.15, 0.2) is 0 Å².